The molecule has 3 rings (SSSR count). The van der Waals surface area contributed by atoms with Gasteiger partial charge in [0.1, 0.15) is 5.75 Å². The minimum absolute atomic E-state index is 0.137. The molecule has 3 N–H and O–H groups in total. The minimum Gasteiger partial charge on any atom is -0.496 e. The largest absolute Gasteiger partial charge is 0.496 e. The molecule has 0 aliphatic heterocycles. The van der Waals surface area contributed by atoms with E-state index in [1.807, 2.05) is 6.07 Å². The predicted molar refractivity (Wildman–Crippen MR) is 118 cm³/mol. The lowest BCUT2D eigenvalue weighted by atomic mass is 9.95. The number of carbonyl (C=O) groups excluding carboxylic acids is 3. The number of methoxy groups -OCH3 is 1. The zero-order valence-corrected chi connectivity index (χ0v) is 17.4. The molecule has 1 saturated carbocycles. The van der Waals surface area contributed by atoms with E-state index in [4.69, 9.17) is 4.74 Å². The van der Waals surface area contributed by atoms with Crippen molar-refractivity contribution in [1.82, 2.24) is 10.7 Å². The standard InChI is InChI=1S/C23H26N4O4/c1-31-20-14-8-5-9-16(20)15-24-27-23(30)22(29)26-19-13-7-6-12-18(19)21(28)25-17-10-3-2-4-11-17/h5-9,12-15,17H,2-4,10-11H2,1H3,(H,25,28)(H,26,29)(H,27,30). The smallest absolute Gasteiger partial charge is 0.329 e. The van der Waals surface area contributed by atoms with Crippen molar-refractivity contribution in [3.63, 3.8) is 0 Å². The molecule has 0 aromatic heterocycles. The van der Waals surface area contributed by atoms with Crippen LogP contribution in [0.3, 0.4) is 0 Å². The Labute approximate surface area is 181 Å². The second kappa shape index (κ2) is 10.9. The summed E-state index contributed by atoms with van der Waals surface area (Å²) in [5.41, 5.74) is 3.41. The van der Waals surface area contributed by atoms with Crippen LogP contribution in [-0.2, 0) is 9.59 Å². The molecule has 31 heavy (non-hydrogen) atoms. The molecule has 0 spiro atoms. The number of nitrogens with zero attached hydrogens (tertiary/aromatic N) is 1. The van der Waals surface area contributed by atoms with E-state index in [-0.39, 0.29) is 17.6 Å². The van der Waals surface area contributed by atoms with Gasteiger partial charge in [0.25, 0.3) is 5.91 Å². The maximum atomic E-state index is 12.7. The summed E-state index contributed by atoms with van der Waals surface area (Å²) in [6, 6.07) is 13.9. The normalized spacial score (nSPS) is 14.1. The van der Waals surface area contributed by atoms with Gasteiger partial charge in [-0.1, -0.05) is 43.5 Å². The fourth-order valence-corrected chi connectivity index (χ4v) is 3.46. The molecule has 8 nitrogen and oxygen atoms in total. The van der Waals surface area contributed by atoms with E-state index in [1.54, 1.807) is 42.5 Å². The summed E-state index contributed by atoms with van der Waals surface area (Å²) in [6.07, 6.45) is 6.67. The second-order valence-corrected chi connectivity index (χ2v) is 7.25. The first kappa shape index (κ1) is 22.0. The Morgan fingerprint density at radius 3 is 2.45 bits per heavy atom. The zero-order chi connectivity index (χ0) is 22.1. The highest BCUT2D eigenvalue weighted by atomic mass is 16.5. The highest BCUT2D eigenvalue weighted by molar-refractivity contribution is 6.40. The molecule has 1 aliphatic rings. The summed E-state index contributed by atoms with van der Waals surface area (Å²) in [5, 5.41) is 9.31. The van der Waals surface area contributed by atoms with Gasteiger partial charge in [0.2, 0.25) is 0 Å². The lowest BCUT2D eigenvalue weighted by molar-refractivity contribution is -0.136. The van der Waals surface area contributed by atoms with E-state index < -0.39 is 11.8 Å². The van der Waals surface area contributed by atoms with Gasteiger partial charge in [0.15, 0.2) is 0 Å². The van der Waals surface area contributed by atoms with Crippen molar-refractivity contribution < 1.29 is 19.1 Å². The number of ether oxygens (including phenoxy) is 1. The number of carbonyl (C=O) groups is 3. The number of para-hydroxylation sites is 2. The number of rotatable bonds is 6. The molecule has 3 amide bonds. The van der Waals surface area contributed by atoms with Crippen LogP contribution in [0.15, 0.2) is 53.6 Å². The quantitative estimate of drug-likeness (QED) is 0.378. The summed E-state index contributed by atoms with van der Waals surface area (Å²) in [7, 11) is 1.53. The molecule has 0 bridgehead atoms. The predicted octanol–water partition coefficient (Wildman–Crippen LogP) is 2.85. The van der Waals surface area contributed by atoms with Crippen molar-refractivity contribution in [3.05, 3.63) is 59.7 Å². The van der Waals surface area contributed by atoms with Crippen LogP contribution in [0.2, 0.25) is 0 Å². The van der Waals surface area contributed by atoms with E-state index in [1.165, 1.54) is 19.7 Å². The molecule has 2 aromatic rings. The van der Waals surface area contributed by atoms with Gasteiger partial charge in [-0.2, -0.15) is 5.10 Å². The molecule has 1 aliphatic carbocycles. The highest BCUT2D eigenvalue weighted by Gasteiger charge is 2.20. The Kier molecular flexibility index (Phi) is 7.75. The van der Waals surface area contributed by atoms with E-state index in [9.17, 15) is 14.4 Å². The van der Waals surface area contributed by atoms with Crippen LogP contribution in [0.1, 0.15) is 48.0 Å². The lowest BCUT2D eigenvalue weighted by Gasteiger charge is -2.23. The van der Waals surface area contributed by atoms with Crippen LogP contribution >= 0.6 is 0 Å². The molecular weight excluding hydrogens is 396 g/mol. The van der Waals surface area contributed by atoms with Crippen molar-refractivity contribution in [3.8, 4) is 5.75 Å². The number of nitrogens with one attached hydrogen (secondary N) is 3. The molecule has 0 radical (unpaired) electrons. The maximum Gasteiger partial charge on any atom is 0.329 e. The molecular formula is C23H26N4O4. The third kappa shape index (κ3) is 6.15. The Hall–Kier alpha value is -3.68. The first-order valence-electron chi connectivity index (χ1n) is 10.3. The van der Waals surface area contributed by atoms with E-state index in [0.29, 0.717) is 16.9 Å². The number of hydrogen-bond donors (Lipinski definition) is 3. The monoisotopic (exact) mass is 422 g/mol. The summed E-state index contributed by atoms with van der Waals surface area (Å²) in [6.45, 7) is 0. The zero-order valence-electron chi connectivity index (χ0n) is 17.4. The fraction of sp³-hybridized carbons (Fsp3) is 0.304. The van der Waals surface area contributed by atoms with Crippen LogP contribution < -0.4 is 20.8 Å². The summed E-state index contributed by atoms with van der Waals surface area (Å²) in [5.74, 6) is -1.55. The van der Waals surface area contributed by atoms with E-state index in [2.05, 4.69) is 21.2 Å². The van der Waals surface area contributed by atoms with Crippen LogP contribution in [0.25, 0.3) is 0 Å². The van der Waals surface area contributed by atoms with Gasteiger partial charge in [0.05, 0.1) is 24.6 Å². The summed E-state index contributed by atoms with van der Waals surface area (Å²) < 4.78 is 5.20. The van der Waals surface area contributed by atoms with Crippen molar-refractivity contribution >= 4 is 29.6 Å². The average molecular weight is 422 g/mol. The summed E-state index contributed by atoms with van der Waals surface area (Å²) in [4.78, 5) is 37.1. The van der Waals surface area contributed by atoms with Crippen molar-refractivity contribution in [2.75, 3.05) is 12.4 Å². The molecule has 2 aromatic carbocycles. The van der Waals surface area contributed by atoms with Gasteiger partial charge in [-0.3, -0.25) is 14.4 Å². The SMILES string of the molecule is COc1ccccc1C=NNC(=O)C(=O)Nc1ccccc1C(=O)NC1CCCCC1. The Morgan fingerprint density at radius 2 is 1.68 bits per heavy atom. The minimum atomic E-state index is -0.950. The maximum absolute atomic E-state index is 12.7. The molecule has 0 saturated heterocycles. The lowest BCUT2D eigenvalue weighted by Crippen LogP contribution is -2.37. The van der Waals surface area contributed by atoms with Gasteiger partial charge < -0.3 is 15.4 Å². The van der Waals surface area contributed by atoms with Gasteiger partial charge in [-0.25, -0.2) is 5.43 Å². The molecule has 0 heterocycles. The molecule has 162 valence electrons. The van der Waals surface area contributed by atoms with Crippen LogP contribution in [0.5, 0.6) is 5.75 Å². The first-order valence-corrected chi connectivity index (χ1v) is 10.3. The second-order valence-electron chi connectivity index (χ2n) is 7.25. The van der Waals surface area contributed by atoms with E-state index >= 15 is 0 Å². The van der Waals surface area contributed by atoms with Gasteiger partial charge >= 0.3 is 11.8 Å². The topological polar surface area (TPSA) is 109 Å². The Balaban J connectivity index is 1.60. The number of benzene rings is 2. The number of hydrogen-bond acceptors (Lipinski definition) is 5. The van der Waals surface area contributed by atoms with Gasteiger partial charge in [-0.05, 0) is 37.1 Å². The third-order valence-electron chi connectivity index (χ3n) is 5.08. The van der Waals surface area contributed by atoms with Crippen LogP contribution in [0.4, 0.5) is 5.69 Å². The first-order chi connectivity index (χ1) is 15.1. The fourth-order valence-electron chi connectivity index (χ4n) is 3.46. The number of amides is 3. The summed E-state index contributed by atoms with van der Waals surface area (Å²) >= 11 is 0. The van der Waals surface area contributed by atoms with Gasteiger partial charge in [-0.15, -0.1) is 0 Å². The average Bonchev–Trinajstić information content (AvgIpc) is 2.80. The van der Waals surface area contributed by atoms with Crippen LogP contribution in [-0.4, -0.2) is 37.1 Å². The highest BCUT2D eigenvalue weighted by Crippen LogP contribution is 2.20. The van der Waals surface area contributed by atoms with Gasteiger partial charge in [0, 0.05) is 11.6 Å². The third-order valence-corrected chi connectivity index (χ3v) is 5.08. The van der Waals surface area contributed by atoms with Crippen molar-refractivity contribution in [2.45, 2.75) is 38.1 Å². The van der Waals surface area contributed by atoms with Crippen LogP contribution in [0, 0.1) is 0 Å². The van der Waals surface area contributed by atoms with E-state index in [0.717, 1.165) is 25.7 Å². The molecule has 1 fully saturated rings. The molecule has 0 atom stereocenters. The van der Waals surface area contributed by atoms with Crippen molar-refractivity contribution in [2.24, 2.45) is 5.10 Å². The molecule has 0 unspecified atom stereocenters. The number of anilines is 1. The molecule has 8 heteroatoms. The van der Waals surface area contributed by atoms with Crippen molar-refractivity contribution in [1.29, 1.82) is 0 Å². The number of hydrazone groups is 1. The Morgan fingerprint density at radius 1 is 0.968 bits per heavy atom. The Bertz CT molecular complexity index is 968.